The minimum absolute atomic E-state index is 0.343. The first-order chi connectivity index (χ1) is 7.40. The molecule has 1 aromatic carbocycles. The third kappa shape index (κ3) is 4.54. The lowest BCUT2D eigenvalue weighted by atomic mass is 9.97. The Bertz CT molecular complexity index is 319. The fraction of sp³-hybridized carbons (Fsp3) is 0.571. The highest BCUT2D eigenvalue weighted by Crippen LogP contribution is 2.19. The van der Waals surface area contributed by atoms with Gasteiger partial charge in [-0.05, 0) is 42.5 Å². The van der Waals surface area contributed by atoms with Crippen LogP contribution >= 0.6 is 11.6 Å². The van der Waals surface area contributed by atoms with E-state index in [0.717, 1.165) is 24.5 Å². The van der Waals surface area contributed by atoms with Gasteiger partial charge in [0.05, 0.1) is 0 Å². The third-order valence-electron chi connectivity index (χ3n) is 2.56. The summed E-state index contributed by atoms with van der Waals surface area (Å²) in [6.07, 6.45) is 1.00. The monoisotopic (exact) mass is 239 g/mol. The van der Waals surface area contributed by atoms with E-state index in [-0.39, 0.29) is 0 Å². The van der Waals surface area contributed by atoms with Crippen molar-refractivity contribution < 1.29 is 0 Å². The second-order valence-electron chi connectivity index (χ2n) is 5.52. The van der Waals surface area contributed by atoms with E-state index in [2.05, 4.69) is 39.1 Å². The summed E-state index contributed by atoms with van der Waals surface area (Å²) in [5.41, 5.74) is 2.89. The van der Waals surface area contributed by atoms with Gasteiger partial charge in [-0.2, -0.15) is 0 Å². The highest BCUT2D eigenvalue weighted by atomic mass is 35.5. The van der Waals surface area contributed by atoms with Crippen LogP contribution < -0.4 is 5.32 Å². The van der Waals surface area contributed by atoms with Crippen LogP contribution in [0, 0.1) is 12.3 Å². The molecule has 0 fully saturated rings. The highest BCUT2D eigenvalue weighted by Gasteiger charge is 2.09. The molecule has 16 heavy (non-hydrogen) atoms. The molecule has 2 heteroatoms. The molecule has 0 spiro atoms. The molecule has 1 nitrogen and oxygen atoms in total. The average Bonchev–Trinajstić information content (AvgIpc) is 2.14. The van der Waals surface area contributed by atoms with Crippen LogP contribution in [0.3, 0.4) is 0 Å². The summed E-state index contributed by atoms with van der Waals surface area (Å²) in [5, 5.41) is 4.36. The number of rotatable bonds is 4. The summed E-state index contributed by atoms with van der Waals surface area (Å²) in [7, 11) is 0. The lowest BCUT2D eigenvalue weighted by molar-refractivity contribution is 0.381. The lowest BCUT2D eigenvalue weighted by Crippen LogP contribution is -2.28. The minimum Gasteiger partial charge on any atom is -0.316 e. The molecule has 0 bridgehead atoms. The molecule has 0 aromatic heterocycles. The predicted octanol–water partition coefficient (Wildman–Crippen LogP) is 3.83. The first-order valence-corrected chi connectivity index (χ1v) is 6.23. The molecule has 0 radical (unpaired) electrons. The van der Waals surface area contributed by atoms with E-state index in [4.69, 9.17) is 11.6 Å². The number of halogens is 1. The van der Waals surface area contributed by atoms with Crippen LogP contribution in [0.5, 0.6) is 0 Å². The summed E-state index contributed by atoms with van der Waals surface area (Å²) in [6.45, 7) is 10.9. The average molecular weight is 240 g/mol. The highest BCUT2D eigenvalue weighted by molar-refractivity contribution is 6.31. The SMILES string of the molecule is Cc1cccc(Cl)c1CCNCC(C)(C)C. The standard InChI is InChI=1S/C14H22ClN/c1-11-6-5-7-13(15)12(11)8-9-16-10-14(2,3)4/h5-7,16H,8-10H2,1-4H3. The first-order valence-electron chi connectivity index (χ1n) is 5.85. The van der Waals surface area contributed by atoms with E-state index >= 15 is 0 Å². The van der Waals surface area contributed by atoms with Gasteiger partial charge in [0.25, 0.3) is 0 Å². The van der Waals surface area contributed by atoms with E-state index in [1.807, 2.05) is 12.1 Å². The molecule has 0 atom stereocenters. The summed E-state index contributed by atoms with van der Waals surface area (Å²) in [6, 6.07) is 6.09. The van der Waals surface area contributed by atoms with Gasteiger partial charge in [-0.15, -0.1) is 0 Å². The van der Waals surface area contributed by atoms with Gasteiger partial charge in [0.15, 0.2) is 0 Å². The Hall–Kier alpha value is -0.530. The summed E-state index contributed by atoms with van der Waals surface area (Å²) in [4.78, 5) is 0. The van der Waals surface area contributed by atoms with Crippen molar-refractivity contribution in [2.75, 3.05) is 13.1 Å². The van der Waals surface area contributed by atoms with Crippen LogP contribution in [0.15, 0.2) is 18.2 Å². The Morgan fingerprint density at radius 3 is 2.50 bits per heavy atom. The van der Waals surface area contributed by atoms with Crippen molar-refractivity contribution >= 4 is 11.6 Å². The van der Waals surface area contributed by atoms with Gasteiger partial charge in [0.2, 0.25) is 0 Å². The second kappa shape index (κ2) is 5.70. The molecule has 1 rings (SSSR count). The Balaban J connectivity index is 2.43. The largest absolute Gasteiger partial charge is 0.316 e. The molecule has 0 heterocycles. The molecule has 0 aliphatic heterocycles. The predicted molar refractivity (Wildman–Crippen MR) is 72.2 cm³/mol. The number of nitrogens with one attached hydrogen (secondary N) is 1. The number of aryl methyl sites for hydroxylation is 1. The molecule has 90 valence electrons. The molecule has 0 saturated heterocycles. The normalized spacial score (nSPS) is 11.8. The van der Waals surface area contributed by atoms with Crippen LogP contribution in [0.4, 0.5) is 0 Å². The third-order valence-corrected chi connectivity index (χ3v) is 2.91. The molecule has 0 amide bonds. The molecular weight excluding hydrogens is 218 g/mol. The van der Waals surface area contributed by atoms with Crippen LogP contribution in [0.25, 0.3) is 0 Å². The second-order valence-corrected chi connectivity index (χ2v) is 5.93. The van der Waals surface area contributed by atoms with Gasteiger partial charge in [-0.25, -0.2) is 0 Å². The molecule has 0 unspecified atom stereocenters. The molecule has 1 N–H and O–H groups in total. The van der Waals surface area contributed by atoms with Crippen LogP contribution in [0.1, 0.15) is 31.9 Å². The summed E-state index contributed by atoms with van der Waals surface area (Å²) >= 11 is 6.17. The van der Waals surface area contributed by atoms with Crippen LogP contribution in [-0.4, -0.2) is 13.1 Å². The van der Waals surface area contributed by atoms with E-state index in [9.17, 15) is 0 Å². The lowest BCUT2D eigenvalue weighted by Gasteiger charge is -2.19. The van der Waals surface area contributed by atoms with Crippen molar-refractivity contribution in [2.24, 2.45) is 5.41 Å². The maximum atomic E-state index is 6.17. The first kappa shape index (κ1) is 13.5. The van der Waals surface area contributed by atoms with Gasteiger partial charge < -0.3 is 5.32 Å². The fourth-order valence-electron chi connectivity index (χ4n) is 1.66. The zero-order chi connectivity index (χ0) is 12.2. The molecule has 0 aliphatic carbocycles. The van der Waals surface area contributed by atoms with E-state index in [0.29, 0.717) is 5.41 Å². The Labute approximate surface area is 104 Å². The minimum atomic E-state index is 0.343. The topological polar surface area (TPSA) is 12.0 Å². The van der Waals surface area contributed by atoms with Crippen LogP contribution in [-0.2, 0) is 6.42 Å². The van der Waals surface area contributed by atoms with Gasteiger partial charge >= 0.3 is 0 Å². The van der Waals surface area contributed by atoms with Gasteiger partial charge in [0, 0.05) is 11.6 Å². The van der Waals surface area contributed by atoms with Gasteiger partial charge in [-0.1, -0.05) is 44.5 Å². The Kier molecular flexibility index (Phi) is 4.82. The van der Waals surface area contributed by atoms with Crippen molar-refractivity contribution in [3.8, 4) is 0 Å². The van der Waals surface area contributed by atoms with E-state index in [1.54, 1.807) is 0 Å². The maximum Gasteiger partial charge on any atom is 0.0441 e. The Morgan fingerprint density at radius 2 is 1.94 bits per heavy atom. The molecule has 0 saturated carbocycles. The van der Waals surface area contributed by atoms with Crippen LogP contribution in [0.2, 0.25) is 5.02 Å². The molecule has 1 aromatic rings. The Morgan fingerprint density at radius 1 is 1.25 bits per heavy atom. The van der Waals surface area contributed by atoms with E-state index < -0.39 is 0 Å². The smallest absolute Gasteiger partial charge is 0.0441 e. The fourth-order valence-corrected chi connectivity index (χ4v) is 1.98. The zero-order valence-electron chi connectivity index (χ0n) is 10.7. The van der Waals surface area contributed by atoms with Gasteiger partial charge in [-0.3, -0.25) is 0 Å². The summed E-state index contributed by atoms with van der Waals surface area (Å²) in [5.74, 6) is 0. The number of hydrogen-bond donors (Lipinski definition) is 1. The number of benzene rings is 1. The van der Waals surface area contributed by atoms with E-state index in [1.165, 1.54) is 11.1 Å². The number of hydrogen-bond acceptors (Lipinski definition) is 1. The van der Waals surface area contributed by atoms with Crippen molar-refractivity contribution in [1.82, 2.24) is 5.32 Å². The van der Waals surface area contributed by atoms with Crippen molar-refractivity contribution in [3.05, 3.63) is 34.3 Å². The molecular formula is C14H22ClN. The van der Waals surface area contributed by atoms with Crippen molar-refractivity contribution in [2.45, 2.75) is 34.1 Å². The summed E-state index contributed by atoms with van der Waals surface area (Å²) < 4.78 is 0. The van der Waals surface area contributed by atoms with Crippen molar-refractivity contribution in [3.63, 3.8) is 0 Å². The molecule has 0 aliphatic rings. The maximum absolute atomic E-state index is 6.17. The quantitative estimate of drug-likeness (QED) is 0.788. The van der Waals surface area contributed by atoms with Gasteiger partial charge in [0.1, 0.15) is 0 Å². The van der Waals surface area contributed by atoms with Crippen molar-refractivity contribution in [1.29, 1.82) is 0 Å². The zero-order valence-corrected chi connectivity index (χ0v) is 11.5.